The fourth-order valence-electron chi connectivity index (χ4n) is 3.60. The first-order valence-corrected chi connectivity index (χ1v) is 9.34. The minimum atomic E-state index is -0.106. The zero-order valence-corrected chi connectivity index (χ0v) is 15.2. The number of fused-ring (bicyclic) bond motifs is 1. The van der Waals surface area contributed by atoms with Crippen LogP contribution in [-0.4, -0.2) is 49.8 Å². The summed E-state index contributed by atoms with van der Waals surface area (Å²) >= 11 is 0. The maximum absolute atomic E-state index is 12.6. The van der Waals surface area contributed by atoms with Crippen molar-refractivity contribution >= 4 is 22.9 Å². The van der Waals surface area contributed by atoms with Crippen molar-refractivity contribution in [2.24, 2.45) is 7.05 Å². The molecule has 4 heterocycles. The van der Waals surface area contributed by atoms with E-state index in [0.717, 1.165) is 42.2 Å². The van der Waals surface area contributed by atoms with Gasteiger partial charge >= 0.3 is 0 Å². The van der Waals surface area contributed by atoms with Crippen LogP contribution in [0.4, 0.5) is 5.95 Å². The molecule has 0 aromatic carbocycles. The topological polar surface area (TPSA) is 88.8 Å². The highest BCUT2D eigenvalue weighted by atomic mass is 16.1. The van der Waals surface area contributed by atoms with E-state index in [4.69, 9.17) is 4.98 Å². The lowest BCUT2D eigenvalue weighted by Crippen LogP contribution is -2.37. The maximum Gasteiger partial charge on any atom is 0.253 e. The third-order valence-corrected chi connectivity index (χ3v) is 5.33. The average Bonchev–Trinajstić information content (AvgIpc) is 3.34. The monoisotopic (exact) mass is 363 g/mol. The number of carbonyl (C=O) groups excluding carboxylic acids is 1. The van der Waals surface area contributed by atoms with Crippen LogP contribution in [0.1, 0.15) is 41.2 Å². The number of anilines is 1. The second-order valence-electron chi connectivity index (χ2n) is 7.36. The Kier molecular flexibility index (Phi) is 3.77. The quantitative estimate of drug-likeness (QED) is 0.758. The molecule has 27 heavy (non-hydrogen) atoms. The molecule has 1 aliphatic heterocycles. The second kappa shape index (κ2) is 6.29. The van der Waals surface area contributed by atoms with Crippen LogP contribution in [0.5, 0.6) is 0 Å². The number of carbonyl (C=O) groups is 1. The summed E-state index contributed by atoms with van der Waals surface area (Å²) in [5, 5.41) is 7.28. The van der Waals surface area contributed by atoms with Crippen LogP contribution in [0, 0.1) is 0 Å². The highest BCUT2D eigenvalue weighted by Crippen LogP contribution is 2.39. The normalized spacial score (nSPS) is 19.6. The number of aromatic nitrogens is 5. The molecule has 1 atom stereocenters. The Bertz CT molecular complexity index is 1010. The van der Waals surface area contributed by atoms with Gasteiger partial charge in [-0.2, -0.15) is 5.10 Å². The first-order chi connectivity index (χ1) is 13.2. The zero-order valence-electron chi connectivity index (χ0n) is 15.2. The van der Waals surface area contributed by atoms with E-state index in [2.05, 4.69) is 25.3 Å². The first-order valence-electron chi connectivity index (χ1n) is 9.34. The van der Waals surface area contributed by atoms with E-state index in [1.54, 1.807) is 17.1 Å². The number of aryl methyl sites for hydroxylation is 1. The summed E-state index contributed by atoms with van der Waals surface area (Å²) in [7, 11) is 1.84. The van der Waals surface area contributed by atoms with Gasteiger partial charge in [-0.15, -0.1) is 0 Å². The minimum absolute atomic E-state index is 0.0768. The summed E-state index contributed by atoms with van der Waals surface area (Å²) in [5.74, 6) is 1.28. The molecule has 1 saturated carbocycles. The van der Waals surface area contributed by atoms with Gasteiger partial charge in [0, 0.05) is 50.2 Å². The molecule has 1 saturated heterocycles. The van der Waals surface area contributed by atoms with Crippen molar-refractivity contribution in [3.05, 3.63) is 42.0 Å². The lowest BCUT2D eigenvalue weighted by Gasteiger charge is -2.17. The summed E-state index contributed by atoms with van der Waals surface area (Å²) in [6.07, 6.45) is 8.48. The van der Waals surface area contributed by atoms with Gasteiger partial charge in [-0.25, -0.2) is 9.97 Å². The Morgan fingerprint density at radius 1 is 1.22 bits per heavy atom. The van der Waals surface area contributed by atoms with Crippen LogP contribution >= 0.6 is 0 Å². The van der Waals surface area contributed by atoms with E-state index in [0.29, 0.717) is 11.5 Å². The highest BCUT2D eigenvalue weighted by Gasteiger charge is 2.29. The molecule has 1 unspecified atom stereocenters. The number of amides is 1. The van der Waals surface area contributed by atoms with Gasteiger partial charge in [0.2, 0.25) is 5.95 Å². The van der Waals surface area contributed by atoms with Gasteiger partial charge < -0.3 is 10.2 Å². The summed E-state index contributed by atoms with van der Waals surface area (Å²) in [6, 6.07) is 3.92. The van der Waals surface area contributed by atoms with Gasteiger partial charge in [-0.05, 0) is 31.4 Å². The second-order valence-corrected chi connectivity index (χ2v) is 7.36. The van der Waals surface area contributed by atoms with Crippen molar-refractivity contribution in [2.75, 3.05) is 18.0 Å². The lowest BCUT2D eigenvalue weighted by molar-refractivity contribution is 0.0940. The van der Waals surface area contributed by atoms with Crippen molar-refractivity contribution in [3.8, 4) is 0 Å². The van der Waals surface area contributed by atoms with Crippen molar-refractivity contribution in [2.45, 2.75) is 31.2 Å². The molecule has 0 radical (unpaired) electrons. The first kappa shape index (κ1) is 16.2. The van der Waals surface area contributed by atoms with Crippen LogP contribution < -0.4 is 10.2 Å². The molecule has 1 N–H and O–H groups in total. The molecule has 0 bridgehead atoms. The number of pyridine rings is 1. The maximum atomic E-state index is 12.6. The highest BCUT2D eigenvalue weighted by molar-refractivity contribution is 5.96. The molecular formula is C19H21N7O. The number of hydrogen-bond donors (Lipinski definition) is 1. The Morgan fingerprint density at radius 3 is 2.96 bits per heavy atom. The van der Waals surface area contributed by atoms with Crippen LogP contribution in [0.25, 0.3) is 11.0 Å². The molecular weight excluding hydrogens is 342 g/mol. The number of nitrogens with one attached hydrogen (secondary N) is 1. The predicted molar refractivity (Wildman–Crippen MR) is 101 cm³/mol. The Labute approximate surface area is 156 Å². The number of hydrogen-bond acceptors (Lipinski definition) is 6. The minimum Gasteiger partial charge on any atom is -0.347 e. The molecule has 2 fully saturated rings. The predicted octanol–water partition coefficient (Wildman–Crippen LogP) is 1.64. The van der Waals surface area contributed by atoms with Gasteiger partial charge in [0.05, 0.1) is 17.3 Å². The van der Waals surface area contributed by atoms with Gasteiger partial charge in [0.25, 0.3) is 5.91 Å². The van der Waals surface area contributed by atoms with E-state index in [1.807, 2.05) is 25.4 Å². The fourth-order valence-corrected chi connectivity index (χ4v) is 3.60. The molecule has 1 amide bonds. The molecule has 3 aromatic heterocycles. The van der Waals surface area contributed by atoms with Crippen LogP contribution in [0.15, 0.2) is 30.7 Å². The van der Waals surface area contributed by atoms with Crippen molar-refractivity contribution < 1.29 is 4.79 Å². The lowest BCUT2D eigenvalue weighted by atomic mass is 10.2. The molecule has 8 nitrogen and oxygen atoms in total. The molecule has 3 aromatic rings. The van der Waals surface area contributed by atoms with E-state index in [9.17, 15) is 4.79 Å². The molecule has 5 rings (SSSR count). The van der Waals surface area contributed by atoms with Crippen molar-refractivity contribution in [3.63, 3.8) is 0 Å². The van der Waals surface area contributed by atoms with Crippen LogP contribution in [0.3, 0.4) is 0 Å². The SMILES string of the molecule is Cn1ncc2ncc(C(=O)NC3CCN(c4nccc(C5CC5)n4)C3)cc21. The van der Waals surface area contributed by atoms with Gasteiger partial charge in [-0.3, -0.25) is 14.5 Å². The van der Waals surface area contributed by atoms with Gasteiger partial charge in [-0.1, -0.05) is 0 Å². The van der Waals surface area contributed by atoms with Crippen molar-refractivity contribution in [1.29, 1.82) is 0 Å². The summed E-state index contributed by atoms with van der Waals surface area (Å²) in [5.41, 5.74) is 3.33. The van der Waals surface area contributed by atoms with E-state index >= 15 is 0 Å². The van der Waals surface area contributed by atoms with Crippen LogP contribution in [-0.2, 0) is 7.05 Å². The third-order valence-electron chi connectivity index (χ3n) is 5.33. The van der Waals surface area contributed by atoms with Gasteiger partial charge in [0.1, 0.15) is 5.52 Å². The Balaban J connectivity index is 1.26. The van der Waals surface area contributed by atoms with E-state index in [1.165, 1.54) is 12.8 Å². The summed E-state index contributed by atoms with van der Waals surface area (Å²) < 4.78 is 1.72. The largest absolute Gasteiger partial charge is 0.347 e. The standard InChI is InChI=1S/C19H21N7O/c1-25-17-8-13(9-21-16(17)10-22-25)18(27)23-14-5-7-26(11-14)19-20-6-4-15(24-19)12-2-3-12/h4,6,8-10,12,14H,2-3,5,7,11H2,1H3,(H,23,27). The fraction of sp³-hybridized carbons (Fsp3) is 0.421. The zero-order chi connectivity index (χ0) is 18.4. The molecule has 0 spiro atoms. The molecule has 138 valence electrons. The molecule has 1 aliphatic carbocycles. The van der Waals surface area contributed by atoms with Crippen LogP contribution in [0.2, 0.25) is 0 Å². The van der Waals surface area contributed by atoms with Gasteiger partial charge in [0.15, 0.2) is 0 Å². The molecule has 2 aliphatic rings. The van der Waals surface area contributed by atoms with Crippen molar-refractivity contribution in [1.82, 2.24) is 30.0 Å². The smallest absolute Gasteiger partial charge is 0.253 e. The average molecular weight is 363 g/mol. The summed E-state index contributed by atoms with van der Waals surface area (Å²) in [6.45, 7) is 1.57. The summed E-state index contributed by atoms with van der Waals surface area (Å²) in [4.78, 5) is 28.2. The third kappa shape index (κ3) is 3.11. The number of rotatable bonds is 4. The van der Waals surface area contributed by atoms with E-state index in [-0.39, 0.29) is 11.9 Å². The molecule has 8 heteroatoms. The Morgan fingerprint density at radius 2 is 2.11 bits per heavy atom. The Hall–Kier alpha value is -3.03. The van der Waals surface area contributed by atoms with E-state index < -0.39 is 0 Å². The number of nitrogens with zero attached hydrogens (tertiary/aromatic N) is 6.